The highest BCUT2D eigenvalue weighted by Crippen LogP contribution is 2.19. The van der Waals surface area contributed by atoms with Crippen molar-refractivity contribution in [3.05, 3.63) is 46.2 Å². The number of hydrogen-bond donors (Lipinski definition) is 0. The molecule has 0 bridgehead atoms. The van der Waals surface area contributed by atoms with E-state index >= 15 is 0 Å². The lowest BCUT2D eigenvalue weighted by Crippen LogP contribution is -2.07. The van der Waals surface area contributed by atoms with E-state index in [0.29, 0.717) is 5.88 Å². The van der Waals surface area contributed by atoms with Gasteiger partial charge in [-0.2, -0.15) is 0 Å². The second kappa shape index (κ2) is 5.94. The molecule has 20 heavy (non-hydrogen) atoms. The molecule has 3 aromatic rings. The third-order valence-corrected chi connectivity index (χ3v) is 4.20. The summed E-state index contributed by atoms with van der Waals surface area (Å²) in [5.74, 6) is 1.66. The highest BCUT2D eigenvalue weighted by Gasteiger charge is 2.10. The standard InChI is InChI=1S/C15H16ClN3S/c1-11-2-3-14-13(8-11)18-15(4-6-16)19(14)7-5-12-9-20-10-17-12/h2-3,8-10H,4-7H2,1H3. The number of aromatic nitrogens is 3. The Hall–Kier alpha value is -1.39. The predicted octanol–water partition coefficient (Wildman–Crippen LogP) is 3.83. The summed E-state index contributed by atoms with van der Waals surface area (Å²) >= 11 is 7.54. The van der Waals surface area contributed by atoms with Gasteiger partial charge >= 0.3 is 0 Å². The first-order chi connectivity index (χ1) is 9.78. The van der Waals surface area contributed by atoms with Gasteiger partial charge in [-0.3, -0.25) is 0 Å². The van der Waals surface area contributed by atoms with Crippen LogP contribution in [-0.2, 0) is 19.4 Å². The van der Waals surface area contributed by atoms with E-state index < -0.39 is 0 Å². The maximum absolute atomic E-state index is 5.90. The molecule has 0 saturated carbocycles. The molecule has 0 radical (unpaired) electrons. The second-order valence-corrected chi connectivity index (χ2v) is 5.94. The zero-order valence-electron chi connectivity index (χ0n) is 11.3. The molecule has 0 fully saturated rings. The maximum atomic E-state index is 5.90. The first-order valence-corrected chi connectivity index (χ1v) is 8.14. The number of imidazole rings is 1. The third-order valence-electron chi connectivity index (χ3n) is 3.38. The SMILES string of the molecule is Cc1ccc2c(c1)nc(CCCl)n2CCc1cscn1. The molecule has 5 heteroatoms. The Morgan fingerprint density at radius 1 is 1.30 bits per heavy atom. The fraction of sp³-hybridized carbons (Fsp3) is 0.333. The van der Waals surface area contributed by atoms with Crippen LogP contribution >= 0.6 is 22.9 Å². The number of fused-ring (bicyclic) bond motifs is 1. The van der Waals surface area contributed by atoms with Gasteiger partial charge in [0.25, 0.3) is 0 Å². The quantitative estimate of drug-likeness (QED) is 0.671. The van der Waals surface area contributed by atoms with Crippen molar-refractivity contribution in [1.82, 2.24) is 14.5 Å². The Bertz CT molecular complexity index is 703. The lowest BCUT2D eigenvalue weighted by Gasteiger charge is -2.07. The lowest BCUT2D eigenvalue weighted by molar-refractivity contribution is 0.668. The molecule has 104 valence electrons. The van der Waals surface area contributed by atoms with Crippen molar-refractivity contribution in [2.75, 3.05) is 5.88 Å². The van der Waals surface area contributed by atoms with Gasteiger partial charge in [-0.05, 0) is 24.6 Å². The van der Waals surface area contributed by atoms with Gasteiger partial charge in [0.2, 0.25) is 0 Å². The zero-order valence-corrected chi connectivity index (χ0v) is 12.9. The van der Waals surface area contributed by atoms with E-state index in [0.717, 1.165) is 36.4 Å². The van der Waals surface area contributed by atoms with Crippen LogP contribution in [0.1, 0.15) is 17.1 Å². The number of nitrogens with zero attached hydrogens (tertiary/aromatic N) is 3. The van der Waals surface area contributed by atoms with Gasteiger partial charge in [0.1, 0.15) is 5.82 Å². The van der Waals surface area contributed by atoms with E-state index in [2.05, 4.69) is 40.1 Å². The monoisotopic (exact) mass is 305 g/mol. The summed E-state index contributed by atoms with van der Waals surface area (Å²) in [5, 5.41) is 2.10. The van der Waals surface area contributed by atoms with E-state index in [1.807, 2.05) is 5.51 Å². The molecule has 0 aliphatic heterocycles. The van der Waals surface area contributed by atoms with Gasteiger partial charge in [0.15, 0.2) is 0 Å². The first-order valence-electron chi connectivity index (χ1n) is 6.66. The number of rotatable bonds is 5. The van der Waals surface area contributed by atoms with Crippen molar-refractivity contribution >= 4 is 34.0 Å². The van der Waals surface area contributed by atoms with Crippen molar-refractivity contribution in [3.8, 4) is 0 Å². The van der Waals surface area contributed by atoms with Gasteiger partial charge in [-0.1, -0.05) is 6.07 Å². The molecule has 2 aromatic heterocycles. The molecule has 0 aliphatic carbocycles. The third kappa shape index (κ3) is 2.72. The van der Waals surface area contributed by atoms with E-state index in [1.54, 1.807) is 11.3 Å². The van der Waals surface area contributed by atoms with E-state index in [1.165, 1.54) is 11.1 Å². The molecule has 0 atom stereocenters. The minimum absolute atomic E-state index is 0.596. The Morgan fingerprint density at radius 2 is 2.20 bits per heavy atom. The highest BCUT2D eigenvalue weighted by atomic mass is 35.5. The van der Waals surface area contributed by atoms with Crippen LogP contribution in [0.4, 0.5) is 0 Å². The van der Waals surface area contributed by atoms with Gasteiger partial charge in [0, 0.05) is 30.6 Å². The molecule has 0 amide bonds. The lowest BCUT2D eigenvalue weighted by atomic mass is 10.2. The average Bonchev–Trinajstić information content (AvgIpc) is 3.04. The van der Waals surface area contributed by atoms with Crippen molar-refractivity contribution in [1.29, 1.82) is 0 Å². The topological polar surface area (TPSA) is 30.7 Å². The molecule has 3 nitrogen and oxygen atoms in total. The number of hydrogen-bond acceptors (Lipinski definition) is 3. The number of halogens is 1. The van der Waals surface area contributed by atoms with Gasteiger partial charge in [-0.25, -0.2) is 9.97 Å². The normalized spacial score (nSPS) is 11.3. The molecule has 1 aromatic carbocycles. The molecule has 0 N–H and O–H groups in total. The summed E-state index contributed by atoms with van der Waals surface area (Å²) in [7, 11) is 0. The Balaban J connectivity index is 1.95. The van der Waals surface area contributed by atoms with Crippen LogP contribution in [0.25, 0.3) is 11.0 Å². The average molecular weight is 306 g/mol. The number of thiazole rings is 1. The molecular formula is C15H16ClN3S. The van der Waals surface area contributed by atoms with Crippen LogP contribution in [0.3, 0.4) is 0 Å². The van der Waals surface area contributed by atoms with Crippen LogP contribution in [0.5, 0.6) is 0 Å². The van der Waals surface area contributed by atoms with Gasteiger partial charge in [-0.15, -0.1) is 22.9 Å². The molecule has 0 unspecified atom stereocenters. The number of aryl methyl sites for hydroxylation is 4. The number of alkyl halides is 1. The smallest absolute Gasteiger partial charge is 0.111 e. The Morgan fingerprint density at radius 3 is 2.95 bits per heavy atom. The van der Waals surface area contributed by atoms with Gasteiger partial charge < -0.3 is 4.57 Å². The summed E-state index contributed by atoms with van der Waals surface area (Å²) in [6, 6.07) is 6.41. The fourth-order valence-electron chi connectivity index (χ4n) is 2.40. The van der Waals surface area contributed by atoms with E-state index in [-0.39, 0.29) is 0 Å². The van der Waals surface area contributed by atoms with Crippen LogP contribution in [0, 0.1) is 6.92 Å². The van der Waals surface area contributed by atoms with E-state index in [9.17, 15) is 0 Å². The zero-order chi connectivity index (χ0) is 13.9. The molecule has 0 saturated heterocycles. The second-order valence-electron chi connectivity index (χ2n) is 4.84. The van der Waals surface area contributed by atoms with Crippen molar-refractivity contribution in [3.63, 3.8) is 0 Å². The molecule has 0 spiro atoms. The summed E-state index contributed by atoms with van der Waals surface area (Å²) in [5.41, 5.74) is 6.50. The molecule has 3 rings (SSSR count). The largest absolute Gasteiger partial charge is 0.328 e. The minimum atomic E-state index is 0.596. The van der Waals surface area contributed by atoms with Crippen molar-refractivity contribution in [2.24, 2.45) is 0 Å². The summed E-state index contributed by atoms with van der Waals surface area (Å²) in [4.78, 5) is 9.07. The van der Waals surface area contributed by atoms with Crippen LogP contribution < -0.4 is 0 Å². The summed E-state index contributed by atoms with van der Waals surface area (Å²) in [6.07, 6.45) is 1.73. The summed E-state index contributed by atoms with van der Waals surface area (Å²) in [6.45, 7) is 2.99. The van der Waals surface area contributed by atoms with E-state index in [4.69, 9.17) is 16.6 Å². The Labute approximate surface area is 127 Å². The fourth-order valence-corrected chi connectivity index (χ4v) is 3.16. The molecule has 0 aliphatic rings. The van der Waals surface area contributed by atoms with Crippen molar-refractivity contribution in [2.45, 2.75) is 26.3 Å². The predicted molar refractivity (Wildman–Crippen MR) is 84.7 cm³/mol. The molecule has 2 heterocycles. The van der Waals surface area contributed by atoms with Crippen LogP contribution in [0.15, 0.2) is 29.1 Å². The summed E-state index contributed by atoms with van der Waals surface area (Å²) < 4.78 is 2.27. The van der Waals surface area contributed by atoms with Crippen molar-refractivity contribution < 1.29 is 0 Å². The van der Waals surface area contributed by atoms with Gasteiger partial charge in [0.05, 0.1) is 22.2 Å². The first kappa shape index (κ1) is 13.6. The Kier molecular flexibility index (Phi) is 4.03. The van der Waals surface area contributed by atoms with Crippen LogP contribution in [0.2, 0.25) is 0 Å². The highest BCUT2D eigenvalue weighted by molar-refractivity contribution is 7.07. The minimum Gasteiger partial charge on any atom is -0.328 e. The maximum Gasteiger partial charge on any atom is 0.111 e. The molecular weight excluding hydrogens is 290 g/mol. The van der Waals surface area contributed by atoms with Crippen LogP contribution in [-0.4, -0.2) is 20.4 Å². The number of benzene rings is 1.